The van der Waals surface area contributed by atoms with Crippen LogP contribution < -0.4 is 0 Å². The van der Waals surface area contributed by atoms with Crippen molar-refractivity contribution in [1.82, 2.24) is 0 Å². The molecule has 0 heteroatoms. The maximum atomic E-state index is 4.16. The Bertz CT molecular complexity index is 1320. The minimum absolute atomic E-state index is 0.242. The van der Waals surface area contributed by atoms with Crippen LogP contribution in [0.2, 0.25) is 0 Å². The molecule has 3 aromatic rings. The summed E-state index contributed by atoms with van der Waals surface area (Å²) in [4.78, 5) is 0. The standard InChI is InChI=1S/C36H38/c1-3-17-30-31(4-2)36(32-22-15-13-20-28(32)29-21-14-16-23-33(29)36)35-27-19-12-10-8-6-5-7-9-11-18-26(24-25-27)34(30)35/h3-4,13-17,20-25H,1,5-12,18-19H2,2H3/b30-17+,31-4+. The second-order valence-corrected chi connectivity index (χ2v) is 10.8. The van der Waals surface area contributed by atoms with Gasteiger partial charge in [0.25, 0.3) is 0 Å². The third-order valence-corrected chi connectivity index (χ3v) is 8.88. The molecule has 0 nitrogen and oxygen atoms in total. The lowest BCUT2D eigenvalue weighted by atomic mass is 9.68. The lowest BCUT2D eigenvalue weighted by Gasteiger charge is -2.32. The van der Waals surface area contributed by atoms with E-state index in [1.54, 1.807) is 11.1 Å². The van der Waals surface area contributed by atoms with Crippen LogP contribution in [-0.2, 0) is 18.3 Å². The van der Waals surface area contributed by atoms with Gasteiger partial charge in [0.1, 0.15) is 0 Å². The highest BCUT2D eigenvalue weighted by Crippen LogP contribution is 2.65. The molecule has 0 saturated heterocycles. The highest BCUT2D eigenvalue weighted by atomic mass is 14.5. The fourth-order valence-corrected chi connectivity index (χ4v) is 7.46. The molecule has 3 aliphatic rings. The van der Waals surface area contributed by atoms with E-state index < -0.39 is 0 Å². The summed E-state index contributed by atoms with van der Waals surface area (Å²) in [6.45, 7) is 6.40. The van der Waals surface area contributed by atoms with Crippen LogP contribution in [0.15, 0.2) is 91.0 Å². The molecule has 3 aromatic carbocycles. The summed E-state index contributed by atoms with van der Waals surface area (Å²) >= 11 is 0. The number of aryl methyl sites for hydroxylation is 2. The molecule has 0 amide bonds. The first-order valence-corrected chi connectivity index (χ1v) is 14.2. The van der Waals surface area contributed by atoms with Gasteiger partial charge < -0.3 is 0 Å². The summed E-state index contributed by atoms with van der Waals surface area (Å²) in [7, 11) is 0. The first kappa shape index (κ1) is 23.3. The topological polar surface area (TPSA) is 0 Å². The summed E-state index contributed by atoms with van der Waals surface area (Å²) in [5, 5.41) is 0. The lowest BCUT2D eigenvalue weighted by molar-refractivity contribution is 0.564. The van der Waals surface area contributed by atoms with E-state index in [0.717, 1.165) is 12.8 Å². The van der Waals surface area contributed by atoms with Crippen molar-refractivity contribution in [2.24, 2.45) is 0 Å². The summed E-state index contributed by atoms with van der Waals surface area (Å²) in [5.74, 6) is 0. The van der Waals surface area contributed by atoms with Crippen molar-refractivity contribution in [3.8, 4) is 11.1 Å². The molecule has 0 heterocycles. The summed E-state index contributed by atoms with van der Waals surface area (Å²) < 4.78 is 0. The average Bonchev–Trinajstić information content (AvgIpc) is 3.37. The molecule has 0 radical (unpaired) electrons. The van der Waals surface area contributed by atoms with E-state index in [0.29, 0.717) is 0 Å². The number of allylic oxidation sites excluding steroid dienone is 5. The normalized spacial score (nSPS) is 20.8. The van der Waals surface area contributed by atoms with E-state index in [1.807, 2.05) is 6.08 Å². The Balaban J connectivity index is 1.71. The van der Waals surface area contributed by atoms with Crippen molar-refractivity contribution in [2.45, 2.75) is 76.5 Å². The Morgan fingerprint density at radius 2 is 1.19 bits per heavy atom. The van der Waals surface area contributed by atoms with Crippen LogP contribution in [0.25, 0.3) is 16.7 Å². The van der Waals surface area contributed by atoms with E-state index in [1.165, 1.54) is 95.9 Å². The van der Waals surface area contributed by atoms with Crippen LogP contribution in [0.3, 0.4) is 0 Å². The SMILES string of the molecule is C=C/C=C1\C(=C/C)C2(c3ccccc3-c3ccccc32)c2c3ccc(c21)CCCCCCCCCC3. The van der Waals surface area contributed by atoms with Gasteiger partial charge in [-0.2, -0.15) is 0 Å². The van der Waals surface area contributed by atoms with Gasteiger partial charge in [0, 0.05) is 0 Å². The Kier molecular flexibility index (Phi) is 6.30. The maximum Gasteiger partial charge on any atom is 0.0725 e. The van der Waals surface area contributed by atoms with Crippen LogP contribution in [-0.4, -0.2) is 0 Å². The zero-order chi connectivity index (χ0) is 24.5. The van der Waals surface area contributed by atoms with Crippen molar-refractivity contribution >= 4 is 5.57 Å². The molecule has 1 spiro atoms. The Morgan fingerprint density at radius 1 is 0.667 bits per heavy atom. The number of hydrogen-bond donors (Lipinski definition) is 0. The maximum absolute atomic E-state index is 4.16. The summed E-state index contributed by atoms with van der Waals surface area (Å²) in [5.41, 5.74) is 14.4. The third-order valence-electron chi connectivity index (χ3n) is 8.88. The van der Waals surface area contributed by atoms with Crippen LogP contribution >= 0.6 is 0 Å². The Morgan fingerprint density at radius 3 is 1.78 bits per heavy atom. The molecule has 2 bridgehead atoms. The summed E-state index contributed by atoms with van der Waals surface area (Å²) in [6, 6.07) is 23.3. The molecule has 0 unspecified atom stereocenters. The zero-order valence-electron chi connectivity index (χ0n) is 21.8. The lowest BCUT2D eigenvalue weighted by Crippen LogP contribution is -2.27. The van der Waals surface area contributed by atoms with Crippen LogP contribution in [0.4, 0.5) is 0 Å². The Hall–Kier alpha value is -3.12. The van der Waals surface area contributed by atoms with E-state index in [9.17, 15) is 0 Å². The molecule has 0 aromatic heterocycles. The fraction of sp³-hybridized carbons (Fsp3) is 0.333. The molecule has 6 rings (SSSR count). The minimum atomic E-state index is -0.242. The van der Waals surface area contributed by atoms with Gasteiger partial charge in [0.15, 0.2) is 0 Å². The molecule has 0 saturated carbocycles. The predicted molar refractivity (Wildman–Crippen MR) is 154 cm³/mol. The van der Waals surface area contributed by atoms with Crippen LogP contribution in [0.5, 0.6) is 0 Å². The van der Waals surface area contributed by atoms with E-state index in [-0.39, 0.29) is 5.41 Å². The summed E-state index contributed by atoms with van der Waals surface area (Å²) in [6.07, 6.45) is 19.8. The first-order chi connectivity index (χ1) is 17.8. The van der Waals surface area contributed by atoms with Gasteiger partial charge in [0.2, 0.25) is 0 Å². The van der Waals surface area contributed by atoms with Gasteiger partial charge in [-0.1, -0.05) is 124 Å². The highest BCUT2D eigenvalue weighted by molar-refractivity contribution is 6.01. The van der Waals surface area contributed by atoms with Crippen LogP contribution in [0, 0.1) is 0 Å². The molecule has 182 valence electrons. The fourth-order valence-electron chi connectivity index (χ4n) is 7.46. The van der Waals surface area contributed by atoms with E-state index in [2.05, 4.69) is 86.3 Å². The number of hydrogen-bond acceptors (Lipinski definition) is 0. The van der Waals surface area contributed by atoms with Gasteiger partial charge in [-0.3, -0.25) is 0 Å². The quantitative estimate of drug-likeness (QED) is 0.332. The molecule has 0 N–H and O–H groups in total. The van der Waals surface area contributed by atoms with Crippen molar-refractivity contribution in [1.29, 1.82) is 0 Å². The second-order valence-electron chi connectivity index (χ2n) is 10.8. The van der Waals surface area contributed by atoms with Crippen LogP contribution in [0.1, 0.15) is 91.7 Å². The van der Waals surface area contributed by atoms with Gasteiger partial charge >= 0.3 is 0 Å². The van der Waals surface area contributed by atoms with Gasteiger partial charge in [-0.25, -0.2) is 0 Å². The number of benzene rings is 3. The van der Waals surface area contributed by atoms with Gasteiger partial charge in [0.05, 0.1) is 5.41 Å². The number of rotatable bonds is 1. The Labute approximate surface area is 217 Å². The minimum Gasteiger partial charge on any atom is -0.0990 e. The monoisotopic (exact) mass is 470 g/mol. The predicted octanol–water partition coefficient (Wildman–Crippen LogP) is 9.75. The van der Waals surface area contributed by atoms with Gasteiger partial charge in [-0.05, 0) is 88.3 Å². The molecule has 0 aliphatic heterocycles. The smallest absolute Gasteiger partial charge is 0.0725 e. The third kappa shape index (κ3) is 3.41. The van der Waals surface area contributed by atoms with Crippen molar-refractivity contribution in [3.05, 3.63) is 124 Å². The van der Waals surface area contributed by atoms with Crippen molar-refractivity contribution < 1.29 is 0 Å². The molecular formula is C36H38. The van der Waals surface area contributed by atoms with Crippen molar-refractivity contribution in [3.63, 3.8) is 0 Å². The molecule has 36 heavy (non-hydrogen) atoms. The average molecular weight is 471 g/mol. The zero-order valence-corrected chi connectivity index (χ0v) is 21.8. The largest absolute Gasteiger partial charge is 0.0990 e. The van der Waals surface area contributed by atoms with Crippen molar-refractivity contribution in [2.75, 3.05) is 0 Å². The highest BCUT2D eigenvalue weighted by Gasteiger charge is 2.54. The van der Waals surface area contributed by atoms with E-state index in [4.69, 9.17) is 0 Å². The molecule has 3 aliphatic carbocycles. The molecule has 0 fully saturated rings. The first-order valence-electron chi connectivity index (χ1n) is 14.2. The molecule has 0 atom stereocenters. The molecular weight excluding hydrogens is 432 g/mol. The van der Waals surface area contributed by atoms with E-state index >= 15 is 0 Å². The van der Waals surface area contributed by atoms with Gasteiger partial charge in [-0.15, -0.1) is 0 Å². The number of fused-ring (bicyclic) bond motifs is 12. The second kappa shape index (κ2) is 9.74.